The van der Waals surface area contributed by atoms with E-state index in [1.54, 1.807) is 24.3 Å². The summed E-state index contributed by atoms with van der Waals surface area (Å²) in [5.41, 5.74) is 3.64. The van der Waals surface area contributed by atoms with Gasteiger partial charge >= 0.3 is 0 Å². The van der Waals surface area contributed by atoms with Crippen molar-refractivity contribution in [3.63, 3.8) is 0 Å². The van der Waals surface area contributed by atoms with Crippen molar-refractivity contribution in [1.82, 2.24) is 0 Å². The molecule has 1 N–H and O–H groups in total. The van der Waals surface area contributed by atoms with Crippen molar-refractivity contribution in [1.29, 1.82) is 0 Å². The molecule has 2 aromatic rings. The Morgan fingerprint density at radius 1 is 0.900 bits per heavy atom. The van der Waals surface area contributed by atoms with Crippen LogP contribution >= 0.6 is 0 Å². The zero-order valence-corrected chi connectivity index (χ0v) is 17.4. The monoisotopic (exact) mass is 402 g/mol. The van der Waals surface area contributed by atoms with E-state index in [4.69, 9.17) is 0 Å². The minimum atomic E-state index is -0.328. The molecule has 2 aliphatic rings. The van der Waals surface area contributed by atoms with E-state index in [1.165, 1.54) is 4.90 Å². The van der Waals surface area contributed by atoms with E-state index in [9.17, 15) is 14.4 Å². The Morgan fingerprint density at radius 3 is 2.03 bits per heavy atom. The van der Waals surface area contributed by atoms with Gasteiger partial charge < -0.3 is 5.32 Å². The molecule has 4 rings (SSSR count). The summed E-state index contributed by atoms with van der Waals surface area (Å²) >= 11 is 0. The number of carbonyl (C=O) groups excluding carboxylic acids is 3. The van der Waals surface area contributed by atoms with Crippen LogP contribution in [0.3, 0.4) is 0 Å². The van der Waals surface area contributed by atoms with E-state index < -0.39 is 0 Å². The van der Waals surface area contributed by atoms with Crippen molar-refractivity contribution < 1.29 is 14.4 Å². The number of imide groups is 1. The molecule has 0 unspecified atom stereocenters. The third kappa shape index (κ3) is 3.34. The normalized spacial score (nSPS) is 20.4. The number of allylic oxidation sites excluding steroid dienone is 2. The topological polar surface area (TPSA) is 66.5 Å². The van der Waals surface area contributed by atoms with Gasteiger partial charge in [-0.1, -0.05) is 56.3 Å². The van der Waals surface area contributed by atoms with Crippen LogP contribution in [0.4, 0.5) is 11.4 Å². The number of hydrogen-bond donors (Lipinski definition) is 1. The van der Waals surface area contributed by atoms with E-state index in [0.717, 1.165) is 29.7 Å². The maximum absolute atomic E-state index is 13.3. The van der Waals surface area contributed by atoms with Gasteiger partial charge in [-0.05, 0) is 48.9 Å². The fourth-order valence-corrected chi connectivity index (χ4v) is 4.48. The second-order valence-electron chi connectivity index (χ2n) is 7.80. The molecule has 0 aromatic heterocycles. The van der Waals surface area contributed by atoms with E-state index in [-0.39, 0.29) is 29.6 Å². The largest absolute Gasteiger partial charge is 0.321 e. The van der Waals surface area contributed by atoms with Gasteiger partial charge in [-0.15, -0.1) is 0 Å². The lowest BCUT2D eigenvalue weighted by atomic mass is 9.85. The van der Waals surface area contributed by atoms with Crippen molar-refractivity contribution in [2.24, 2.45) is 11.8 Å². The second-order valence-corrected chi connectivity index (χ2v) is 7.80. The number of anilines is 2. The van der Waals surface area contributed by atoms with Gasteiger partial charge in [-0.2, -0.15) is 0 Å². The van der Waals surface area contributed by atoms with Gasteiger partial charge in [0.2, 0.25) is 11.8 Å². The number of rotatable bonds is 5. The number of carbonyl (C=O) groups is 3. The first-order valence-corrected chi connectivity index (χ1v) is 10.6. The molecule has 1 saturated heterocycles. The summed E-state index contributed by atoms with van der Waals surface area (Å²) in [7, 11) is 0. The summed E-state index contributed by atoms with van der Waals surface area (Å²) in [5, 5.41) is 3.05. The van der Waals surface area contributed by atoms with Crippen LogP contribution in [-0.2, 0) is 22.4 Å². The SMILES string of the molecule is CCc1cccc(CC)c1NC(=O)c1ccccc1N1C(=O)[C@H]2CC=CC[C@@H]2C1=O. The number of fused-ring (bicyclic) bond motifs is 1. The Labute approximate surface area is 176 Å². The quantitative estimate of drug-likeness (QED) is 0.591. The number of nitrogens with one attached hydrogen (secondary N) is 1. The number of benzene rings is 2. The lowest BCUT2D eigenvalue weighted by Gasteiger charge is -2.20. The molecule has 1 aliphatic carbocycles. The molecule has 0 radical (unpaired) electrons. The molecule has 5 nitrogen and oxygen atoms in total. The second kappa shape index (κ2) is 8.27. The van der Waals surface area contributed by atoms with Gasteiger partial charge in [0, 0.05) is 5.69 Å². The van der Waals surface area contributed by atoms with Crippen molar-refractivity contribution >= 4 is 29.1 Å². The molecule has 154 valence electrons. The van der Waals surface area contributed by atoms with E-state index in [1.807, 2.05) is 30.4 Å². The average Bonchev–Trinajstić information content (AvgIpc) is 3.04. The van der Waals surface area contributed by atoms with Crippen LogP contribution in [0.1, 0.15) is 48.2 Å². The van der Waals surface area contributed by atoms with Crippen LogP contribution < -0.4 is 10.2 Å². The number of aryl methyl sites for hydroxylation is 2. The van der Waals surface area contributed by atoms with Gasteiger partial charge in [-0.25, -0.2) is 4.90 Å². The Balaban J connectivity index is 1.69. The molecule has 3 amide bonds. The predicted molar refractivity (Wildman–Crippen MR) is 117 cm³/mol. The van der Waals surface area contributed by atoms with Crippen molar-refractivity contribution in [3.8, 4) is 0 Å². The van der Waals surface area contributed by atoms with Crippen LogP contribution in [-0.4, -0.2) is 17.7 Å². The molecule has 1 heterocycles. The first-order valence-electron chi connectivity index (χ1n) is 10.6. The lowest BCUT2D eigenvalue weighted by molar-refractivity contribution is -0.122. The highest BCUT2D eigenvalue weighted by Crippen LogP contribution is 2.39. The van der Waals surface area contributed by atoms with Gasteiger partial charge in [0.15, 0.2) is 0 Å². The van der Waals surface area contributed by atoms with Crippen molar-refractivity contribution in [3.05, 3.63) is 71.3 Å². The smallest absolute Gasteiger partial charge is 0.257 e. The van der Waals surface area contributed by atoms with E-state index >= 15 is 0 Å². The predicted octanol–water partition coefficient (Wildman–Crippen LogP) is 4.52. The fraction of sp³-hybridized carbons (Fsp3) is 0.320. The van der Waals surface area contributed by atoms with Crippen LogP contribution in [0.2, 0.25) is 0 Å². The molecule has 2 aromatic carbocycles. The highest BCUT2D eigenvalue weighted by molar-refractivity contribution is 6.25. The summed E-state index contributed by atoms with van der Waals surface area (Å²) in [5.74, 6) is -1.39. The molecule has 0 saturated carbocycles. The molecule has 1 fully saturated rings. The van der Waals surface area contributed by atoms with Crippen LogP contribution in [0.5, 0.6) is 0 Å². The molecular weight excluding hydrogens is 376 g/mol. The van der Waals surface area contributed by atoms with Gasteiger partial charge in [0.1, 0.15) is 0 Å². The van der Waals surface area contributed by atoms with Crippen LogP contribution in [0, 0.1) is 11.8 Å². The average molecular weight is 402 g/mol. The summed E-state index contributed by atoms with van der Waals surface area (Å²) in [4.78, 5) is 40.6. The van der Waals surface area contributed by atoms with Gasteiger partial charge in [-0.3, -0.25) is 14.4 Å². The highest BCUT2D eigenvalue weighted by atomic mass is 16.2. The summed E-state index contributed by atoms with van der Waals surface area (Å²) in [6, 6.07) is 12.9. The Hall–Kier alpha value is -3.21. The Bertz CT molecular complexity index is 992. The highest BCUT2D eigenvalue weighted by Gasteiger charge is 2.48. The number of para-hydroxylation sites is 2. The minimum absolute atomic E-state index is 0.210. The molecule has 2 atom stereocenters. The third-order valence-corrected chi connectivity index (χ3v) is 6.13. The number of nitrogens with zero attached hydrogens (tertiary/aromatic N) is 1. The zero-order chi connectivity index (χ0) is 21.3. The van der Waals surface area contributed by atoms with Crippen molar-refractivity contribution in [2.75, 3.05) is 10.2 Å². The molecule has 30 heavy (non-hydrogen) atoms. The fourth-order valence-electron chi connectivity index (χ4n) is 4.48. The Kier molecular flexibility index (Phi) is 5.53. The van der Waals surface area contributed by atoms with Crippen LogP contribution in [0.25, 0.3) is 0 Å². The molecule has 0 bridgehead atoms. The third-order valence-electron chi connectivity index (χ3n) is 6.13. The molecular formula is C25H26N2O3. The maximum Gasteiger partial charge on any atom is 0.257 e. The summed E-state index contributed by atoms with van der Waals surface area (Å²) in [6.07, 6.45) is 6.66. The molecule has 0 spiro atoms. The first-order chi connectivity index (χ1) is 14.6. The van der Waals surface area contributed by atoms with Gasteiger partial charge in [0.05, 0.1) is 23.1 Å². The van der Waals surface area contributed by atoms with E-state index in [2.05, 4.69) is 19.2 Å². The maximum atomic E-state index is 13.3. The number of amides is 3. The lowest BCUT2D eigenvalue weighted by Crippen LogP contribution is -2.33. The van der Waals surface area contributed by atoms with Crippen LogP contribution in [0.15, 0.2) is 54.6 Å². The Morgan fingerprint density at radius 2 is 1.47 bits per heavy atom. The molecule has 5 heteroatoms. The first kappa shape index (κ1) is 20.1. The summed E-state index contributed by atoms with van der Waals surface area (Å²) in [6.45, 7) is 4.10. The van der Waals surface area contributed by atoms with Gasteiger partial charge in [0.25, 0.3) is 5.91 Å². The number of hydrogen-bond acceptors (Lipinski definition) is 3. The van der Waals surface area contributed by atoms with Crippen molar-refractivity contribution in [2.45, 2.75) is 39.5 Å². The minimum Gasteiger partial charge on any atom is -0.321 e. The standard InChI is InChI=1S/C25H26N2O3/c1-3-16-10-9-11-17(4-2)22(16)26-23(28)20-14-7-8-15-21(20)27-24(29)18-12-5-6-13-19(18)25(27)30/h5-11,14-15,18-19H,3-4,12-13H2,1-2H3,(H,26,28)/t18-,19-/m0/s1. The van der Waals surface area contributed by atoms with E-state index in [0.29, 0.717) is 24.1 Å². The summed E-state index contributed by atoms with van der Waals surface area (Å²) < 4.78 is 0. The molecule has 1 aliphatic heterocycles. The zero-order valence-electron chi connectivity index (χ0n) is 17.4.